The van der Waals surface area contributed by atoms with Gasteiger partial charge in [-0.25, -0.2) is 4.79 Å². The molecule has 0 heterocycles. The summed E-state index contributed by atoms with van der Waals surface area (Å²) in [6.45, 7) is 14.4. The zero-order valence-electron chi connectivity index (χ0n) is 22.6. The highest BCUT2D eigenvalue weighted by atomic mass is 16.3. The van der Waals surface area contributed by atoms with Gasteiger partial charge in [0.15, 0.2) is 0 Å². The Kier molecular flexibility index (Phi) is 7.66. The van der Waals surface area contributed by atoms with E-state index < -0.39 is 0 Å². The van der Waals surface area contributed by atoms with Gasteiger partial charge in [-0.2, -0.15) is 0 Å². The first-order valence-corrected chi connectivity index (χ1v) is 14.4. The van der Waals surface area contributed by atoms with Gasteiger partial charge < -0.3 is 20.8 Å². The Labute approximate surface area is 208 Å². The minimum Gasteiger partial charge on any atom is -0.393 e. The SMILES string of the molecule is CC[C@H]1[C@@H](O)C2C3CC[C@H](C(C)CCNC(=O)NC(C)C)[C@@]3(C)CCC2[C@@]2(C)CC[C@@H](O)C[C@@H]12. The number of hydrogen-bond donors (Lipinski definition) is 4. The highest BCUT2D eigenvalue weighted by Gasteiger charge is 2.64. The van der Waals surface area contributed by atoms with Crippen LogP contribution in [0.1, 0.15) is 99.3 Å². The molecule has 4 aliphatic rings. The zero-order valence-corrected chi connectivity index (χ0v) is 22.6. The van der Waals surface area contributed by atoms with E-state index in [4.69, 9.17) is 0 Å². The first-order chi connectivity index (χ1) is 16.0. The fourth-order valence-electron chi connectivity index (χ4n) is 9.86. The molecule has 4 unspecified atom stereocenters. The maximum absolute atomic E-state index is 12.0. The van der Waals surface area contributed by atoms with Crippen LogP contribution >= 0.6 is 0 Å². The van der Waals surface area contributed by atoms with Crippen molar-refractivity contribution in [3.8, 4) is 0 Å². The molecule has 4 N–H and O–H groups in total. The van der Waals surface area contributed by atoms with Crippen LogP contribution in [0.3, 0.4) is 0 Å². The minimum atomic E-state index is -0.224. The molecule has 34 heavy (non-hydrogen) atoms. The molecule has 0 aromatic carbocycles. The lowest BCUT2D eigenvalue weighted by Crippen LogP contribution is -2.62. The van der Waals surface area contributed by atoms with Crippen molar-refractivity contribution in [2.24, 2.45) is 52.3 Å². The van der Waals surface area contributed by atoms with Crippen LogP contribution in [0.4, 0.5) is 4.79 Å². The molecule has 11 atom stereocenters. The maximum Gasteiger partial charge on any atom is 0.314 e. The summed E-state index contributed by atoms with van der Waals surface area (Å²) in [6.07, 6.45) is 9.56. The van der Waals surface area contributed by atoms with E-state index in [9.17, 15) is 15.0 Å². The van der Waals surface area contributed by atoms with Crippen LogP contribution in [0, 0.1) is 52.3 Å². The van der Waals surface area contributed by atoms with Crippen LogP contribution in [-0.2, 0) is 0 Å². The summed E-state index contributed by atoms with van der Waals surface area (Å²) < 4.78 is 0. The molecule has 0 bridgehead atoms. The second-order valence-electron chi connectivity index (χ2n) is 13.4. The number of urea groups is 1. The number of aliphatic hydroxyl groups is 2. The summed E-state index contributed by atoms with van der Waals surface area (Å²) in [5, 5.41) is 28.3. The molecule has 4 rings (SSSR count). The Morgan fingerprint density at radius 2 is 1.65 bits per heavy atom. The second-order valence-corrected chi connectivity index (χ2v) is 13.4. The van der Waals surface area contributed by atoms with Crippen LogP contribution in [0.5, 0.6) is 0 Å². The van der Waals surface area contributed by atoms with Gasteiger partial charge in [0.1, 0.15) is 0 Å². The van der Waals surface area contributed by atoms with Gasteiger partial charge in [0, 0.05) is 12.6 Å². The average molecular weight is 477 g/mol. The van der Waals surface area contributed by atoms with Crippen molar-refractivity contribution in [2.45, 2.75) is 118 Å². The Morgan fingerprint density at radius 3 is 2.32 bits per heavy atom. The van der Waals surface area contributed by atoms with Crippen molar-refractivity contribution >= 4 is 6.03 Å². The molecule has 0 aromatic rings. The van der Waals surface area contributed by atoms with Crippen LogP contribution in [0.25, 0.3) is 0 Å². The fraction of sp³-hybridized carbons (Fsp3) is 0.966. The first-order valence-electron chi connectivity index (χ1n) is 14.4. The lowest BCUT2D eigenvalue weighted by molar-refractivity contribution is -0.203. The Morgan fingerprint density at radius 1 is 0.971 bits per heavy atom. The molecule has 196 valence electrons. The molecule has 4 fully saturated rings. The van der Waals surface area contributed by atoms with E-state index in [1.54, 1.807) is 0 Å². The summed E-state index contributed by atoms with van der Waals surface area (Å²) in [6, 6.07) is 0.0967. The number of carbonyl (C=O) groups is 1. The number of aliphatic hydroxyl groups excluding tert-OH is 2. The summed E-state index contributed by atoms with van der Waals surface area (Å²) in [5.41, 5.74) is 0.556. The standard InChI is InChI=1S/C29H52N2O3/c1-7-20-24-16-19(32)10-13-29(24,6)23-11-14-28(5)21(8-9-22(28)25(23)26(20)33)18(4)12-15-30-27(34)31-17(2)3/h17-26,32-33H,7-16H2,1-6H3,(H2,30,31,34)/t18?,19-,20-,21-,22?,23?,24+,25?,26-,28-,29-/m1/s1. The van der Waals surface area contributed by atoms with Gasteiger partial charge in [0.05, 0.1) is 12.2 Å². The molecule has 0 aliphatic heterocycles. The number of fused-ring (bicyclic) bond motifs is 5. The van der Waals surface area contributed by atoms with Crippen molar-refractivity contribution in [1.82, 2.24) is 10.6 Å². The molecule has 0 aromatic heterocycles. The number of amides is 2. The topological polar surface area (TPSA) is 81.6 Å². The molecule has 0 spiro atoms. The number of hydrogen-bond acceptors (Lipinski definition) is 3. The van der Waals surface area contributed by atoms with Crippen LogP contribution in [0.2, 0.25) is 0 Å². The minimum absolute atomic E-state index is 0.0606. The number of rotatable bonds is 6. The summed E-state index contributed by atoms with van der Waals surface area (Å²) in [5.74, 6) is 3.62. The van der Waals surface area contributed by atoms with E-state index in [0.29, 0.717) is 41.4 Å². The monoisotopic (exact) mass is 476 g/mol. The van der Waals surface area contributed by atoms with E-state index in [2.05, 4.69) is 38.3 Å². The van der Waals surface area contributed by atoms with E-state index in [0.717, 1.165) is 38.6 Å². The van der Waals surface area contributed by atoms with Gasteiger partial charge in [-0.05, 0) is 117 Å². The molecule has 0 radical (unpaired) electrons. The molecule has 5 nitrogen and oxygen atoms in total. The molecular weight excluding hydrogens is 424 g/mol. The summed E-state index contributed by atoms with van der Waals surface area (Å²) in [7, 11) is 0. The van der Waals surface area contributed by atoms with Gasteiger partial charge in [0.2, 0.25) is 0 Å². The van der Waals surface area contributed by atoms with E-state index >= 15 is 0 Å². The zero-order chi connectivity index (χ0) is 24.8. The third kappa shape index (κ3) is 4.42. The van der Waals surface area contributed by atoms with Crippen molar-refractivity contribution in [1.29, 1.82) is 0 Å². The normalized spacial score (nSPS) is 46.9. The molecule has 4 saturated carbocycles. The molecule has 5 heteroatoms. The third-order valence-electron chi connectivity index (χ3n) is 11.5. The number of nitrogens with one attached hydrogen (secondary N) is 2. The van der Waals surface area contributed by atoms with Crippen molar-refractivity contribution in [3.05, 3.63) is 0 Å². The average Bonchev–Trinajstić information content (AvgIpc) is 3.12. The quantitative estimate of drug-likeness (QED) is 0.417. The Hall–Kier alpha value is -0.810. The molecule has 2 amide bonds. The van der Waals surface area contributed by atoms with Gasteiger partial charge in [-0.3, -0.25) is 0 Å². The van der Waals surface area contributed by atoms with Crippen LogP contribution in [-0.4, -0.2) is 41.0 Å². The van der Waals surface area contributed by atoms with Gasteiger partial charge >= 0.3 is 6.03 Å². The summed E-state index contributed by atoms with van der Waals surface area (Å²) in [4.78, 5) is 12.0. The predicted molar refractivity (Wildman–Crippen MR) is 137 cm³/mol. The largest absolute Gasteiger partial charge is 0.393 e. The predicted octanol–water partition coefficient (Wildman–Crippen LogP) is 5.35. The van der Waals surface area contributed by atoms with Crippen molar-refractivity contribution in [3.63, 3.8) is 0 Å². The Bertz CT molecular complexity index is 728. The fourth-order valence-corrected chi connectivity index (χ4v) is 9.86. The van der Waals surface area contributed by atoms with Crippen molar-refractivity contribution < 1.29 is 15.0 Å². The highest BCUT2D eigenvalue weighted by molar-refractivity contribution is 5.73. The molecular formula is C29H52N2O3. The summed E-state index contributed by atoms with van der Waals surface area (Å²) >= 11 is 0. The third-order valence-corrected chi connectivity index (χ3v) is 11.5. The molecule has 4 aliphatic carbocycles. The van der Waals surface area contributed by atoms with Gasteiger partial charge in [0.25, 0.3) is 0 Å². The smallest absolute Gasteiger partial charge is 0.314 e. The van der Waals surface area contributed by atoms with Crippen molar-refractivity contribution in [2.75, 3.05) is 6.54 Å². The van der Waals surface area contributed by atoms with E-state index in [1.165, 1.54) is 25.7 Å². The first kappa shape index (κ1) is 26.3. The van der Waals surface area contributed by atoms with Crippen LogP contribution in [0.15, 0.2) is 0 Å². The second kappa shape index (κ2) is 9.92. The van der Waals surface area contributed by atoms with Gasteiger partial charge in [-0.15, -0.1) is 0 Å². The number of carbonyl (C=O) groups excluding carboxylic acids is 1. The lowest BCUT2D eigenvalue weighted by Gasteiger charge is -2.64. The maximum atomic E-state index is 12.0. The van der Waals surface area contributed by atoms with Gasteiger partial charge in [-0.1, -0.05) is 34.1 Å². The van der Waals surface area contributed by atoms with E-state index in [1.807, 2.05) is 13.8 Å². The van der Waals surface area contributed by atoms with Crippen LogP contribution < -0.4 is 10.6 Å². The van der Waals surface area contributed by atoms with E-state index in [-0.39, 0.29) is 35.1 Å². The highest BCUT2D eigenvalue weighted by Crippen LogP contribution is 2.69. The Balaban J connectivity index is 1.48. The molecule has 0 saturated heterocycles. The lowest BCUT2D eigenvalue weighted by atomic mass is 9.41.